The Bertz CT molecular complexity index is 609. The Kier molecular flexibility index (Phi) is 6.02. The first-order chi connectivity index (χ1) is 11.6. The minimum Gasteiger partial charge on any atom is -0.508 e. The fraction of sp³-hybridized carbons (Fsp3) is 0.556. The van der Waals surface area contributed by atoms with Gasteiger partial charge in [0.05, 0.1) is 12.1 Å². The van der Waals surface area contributed by atoms with E-state index in [9.17, 15) is 19.8 Å². The van der Waals surface area contributed by atoms with Crippen LogP contribution < -0.4 is 10.6 Å². The molecular formula is C18H26N2O5. The van der Waals surface area contributed by atoms with Crippen LogP contribution in [-0.2, 0) is 20.7 Å². The average Bonchev–Trinajstić information content (AvgIpc) is 2.93. The summed E-state index contributed by atoms with van der Waals surface area (Å²) < 4.78 is 5.41. The van der Waals surface area contributed by atoms with Crippen LogP contribution in [0.3, 0.4) is 0 Å². The summed E-state index contributed by atoms with van der Waals surface area (Å²) >= 11 is 0. The first-order valence-electron chi connectivity index (χ1n) is 8.36. The molecule has 138 valence electrons. The zero-order chi connectivity index (χ0) is 18.6. The summed E-state index contributed by atoms with van der Waals surface area (Å²) in [5.74, 6) is -0.732. The number of phenolic OH excluding ortho intramolecular Hbond substituents is 1. The molecule has 1 fully saturated rings. The molecule has 1 aromatic carbocycles. The number of hydrogen-bond donors (Lipinski definition) is 4. The number of carbonyl (C=O) groups excluding carboxylic acids is 2. The molecule has 1 heterocycles. The van der Waals surface area contributed by atoms with Gasteiger partial charge in [0, 0.05) is 13.0 Å². The second-order valence-corrected chi connectivity index (χ2v) is 7.32. The van der Waals surface area contributed by atoms with Crippen molar-refractivity contribution in [1.29, 1.82) is 0 Å². The fourth-order valence-corrected chi connectivity index (χ4v) is 2.62. The largest absolute Gasteiger partial charge is 0.508 e. The molecule has 4 N–H and O–H groups in total. The van der Waals surface area contributed by atoms with Crippen LogP contribution in [0.15, 0.2) is 24.3 Å². The van der Waals surface area contributed by atoms with Crippen molar-refractivity contribution in [1.82, 2.24) is 10.6 Å². The van der Waals surface area contributed by atoms with E-state index in [1.165, 1.54) is 12.1 Å². The monoisotopic (exact) mass is 350 g/mol. The van der Waals surface area contributed by atoms with Crippen LogP contribution >= 0.6 is 0 Å². The number of nitrogens with one attached hydrogen (secondary N) is 2. The SMILES string of the molecule is CC(C)(C)OC(=O)[C@H](Cc1ccc(O)cc1)NC(=O)[C@@H]1CC(O)CN1. The van der Waals surface area contributed by atoms with Gasteiger partial charge >= 0.3 is 5.97 Å². The maximum Gasteiger partial charge on any atom is 0.329 e. The molecule has 7 heteroatoms. The van der Waals surface area contributed by atoms with Gasteiger partial charge in [-0.2, -0.15) is 0 Å². The third-order valence-electron chi connectivity index (χ3n) is 3.81. The van der Waals surface area contributed by atoms with Crippen molar-refractivity contribution in [2.45, 2.75) is 57.4 Å². The number of amides is 1. The van der Waals surface area contributed by atoms with E-state index in [0.29, 0.717) is 13.0 Å². The van der Waals surface area contributed by atoms with Gasteiger partial charge in [0.15, 0.2) is 0 Å². The summed E-state index contributed by atoms with van der Waals surface area (Å²) in [6.45, 7) is 5.64. The summed E-state index contributed by atoms with van der Waals surface area (Å²) in [6, 6.07) is 5.05. The van der Waals surface area contributed by atoms with E-state index >= 15 is 0 Å². The number of carbonyl (C=O) groups is 2. The molecule has 7 nitrogen and oxygen atoms in total. The van der Waals surface area contributed by atoms with Crippen molar-refractivity contribution in [2.24, 2.45) is 0 Å². The molecule has 0 bridgehead atoms. The summed E-state index contributed by atoms with van der Waals surface area (Å²) in [6.07, 6.45) is -0.00437. The van der Waals surface area contributed by atoms with Gasteiger partial charge in [0.25, 0.3) is 0 Å². The molecule has 1 amide bonds. The van der Waals surface area contributed by atoms with Crippen LogP contribution in [-0.4, -0.2) is 52.4 Å². The molecule has 1 aliphatic heterocycles. The van der Waals surface area contributed by atoms with Gasteiger partial charge in [-0.15, -0.1) is 0 Å². The molecule has 0 aliphatic carbocycles. The molecule has 1 aromatic rings. The Morgan fingerprint density at radius 3 is 2.48 bits per heavy atom. The van der Waals surface area contributed by atoms with Crippen molar-refractivity contribution >= 4 is 11.9 Å². The molecule has 0 aromatic heterocycles. The minimum absolute atomic E-state index is 0.130. The van der Waals surface area contributed by atoms with Gasteiger partial charge in [0.2, 0.25) is 5.91 Å². The zero-order valence-corrected chi connectivity index (χ0v) is 14.8. The lowest BCUT2D eigenvalue weighted by Gasteiger charge is -2.25. The van der Waals surface area contributed by atoms with Crippen molar-refractivity contribution in [3.8, 4) is 5.75 Å². The van der Waals surface area contributed by atoms with E-state index in [1.54, 1.807) is 32.9 Å². The molecule has 0 spiro atoms. The lowest BCUT2D eigenvalue weighted by Crippen LogP contribution is -2.50. The number of ether oxygens (including phenoxy) is 1. The number of aliphatic hydroxyl groups is 1. The smallest absolute Gasteiger partial charge is 0.329 e. The number of hydrogen-bond acceptors (Lipinski definition) is 6. The number of phenols is 1. The molecule has 1 unspecified atom stereocenters. The predicted molar refractivity (Wildman–Crippen MR) is 92.0 cm³/mol. The summed E-state index contributed by atoms with van der Waals surface area (Å²) in [4.78, 5) is 24.9. The predicted octanol–water partition coefficient (Wildman–Crippen LogP) is 0.484. The first-order valence-corrected chi connectivity index (χ1v) is 8.36. The van der Waals surface area contributed by atoms with Crippen molar-refractivity contribution in [3.63, 3.8) is 0 Å². The number of rotatable bonds is 5. The Balaban J connectivity index is 2.09. The molecule has 1 aliphatic rings. The van der Waals surface area contributed by atoms with Crippen LogP contribution in [0, 0.1) is 0 Å². The highest BCUT2D eigenvalue weighted by molar-refractivity contribution is 5.88. The van der Waals surface area contributed by atoms with Gasteiger partial charge in [-0.1, -0.05) is 12.1 Å². The maximum atomic E-state index is 12.5. The van der Waals surface area contributed by atoms with E-state index in [0.717, 1.165) is 5.56 Å². The highest BCUT2D eigenvalue weighted by Crippen LogP contribution is 2.15. The van der Waals surface area contributed by atoms with E-state index < -0.39 is 29.8 Å². The number of aromatic hydroxyl groups is 1. The van der Waals surface area contributed by atoms with E-state index in [-0.39, 0.29) is 18.1 Å². The summed E-state index contributed by atoms with van der Waals surface area (Å²) in [5.41, 5.74) is 0.116. The van der Waals surface area contributed by atoms with Gasteiger partial charge in [-0.25, -0.2) is 4.79 Å². The Morgan fingerprint density at radius 1 is 1.32 bits per heavy atom. The highest BCUT2D eigenvalue weighted by Gasteiger charge is 2.32. The minimum atomic E-state index is -0.851. The normalized spacial score (nSPS) is 21.6. The lowest BCUT2D eigenvalue weighted by molar-refractivity contribution is -0.158. The van der Waals surface area contributed by atoms with Gasteiger partial charge in [-0.3, -0.25) is 4.79 Å². The van der Waals surface area contributed by atoms with Crippen LogP contribution in [0.1, 0.15) is 32.8 Å². The lowest BCUT2D eigenvalue weighted by atomic mass is 10.0. The zero-order valence-electron chi connectivity index (χ0n) is 14.8. The average molecular weight is 350 g/mol. The third-order valence-corrected chi connectivity index (χ3v) is 3.81. The van der Waals surface area contributed by atoms with E-state index in [1.807, 2.05) is 0 Å². The molecule has 0 radical (unpaired) electrons. The standard InChI is InChI=1S/C18H26N2O5/c1-18(2,3)25-17(24)15(8-11-4-6-12(21)7-5-11)20-16(23)14-9-13(22)10-19-14/h4-7,13-15,19,21-22H,8-10H2,1-3H3,(H,20,23)/t13?,14-,15-/m0/s1. The fourth-order valence-electron chi connectivity index (χ4n) is 2.62. The molecule has 25 heavy (non-hydrogen) atoms. The molecule has 0 saturated carbocycles. The second kappa shape index (κ2) is 7.84. The summed E-state index contributed by atoms with van der Waals surface area (Å²) in [5, 5.41) is 24.6. The van der Waals surface area contributed by atoms with Crippen LogP contribution in [0.4, 0.5) is 0 Å². The third kappa shape index (κ3) is 6.03. The molecule has 3 atom stereocenters. The number of aliphatic hydroxyl groups excluding tert-OH is 1. The van der Waals surface area contributed by atoms with Crippen molar-refractivity contribution < 1.29 is 24.5 Å². The van der Waals surface area contributed by atoms with E-state index in [4.69, 9.17) is 4.74 Å². The second-order valence-electron chi connectivity index (χ2n) is 7.32. The topological polar surface area (TPSA) is 108 Å². The number of β-amino-alcohol motifs (C(OH)–C–C–N with tert-alkyl or cyclic N) is 1. The Morgan fingerprint density at radius 2 is 1.96 bits per heavy atom. The Hall–Kier alpha value is -2.12. The number of esters is 1. The molecule has 1 saturated heterocycles. The quantitative estimate of drug-likeness (QED) is 0.576. The molecule has 2 rings (SSSR count). The number of benzene rings is 1. The van der Waals surface area contributed by atoms with Crippen LogP contribution in [0.25, 0.3) is 0 Å². The first kappa shape index (κ1) is 19.2. The maximum absolute atomic E-state index is 12.5. The van der Waals surface area contributed by atoms with Gasteiger partial charge in [-0.05, 0) is 44.9 Å². The highest BCUT2D eigenvalue weighted by atomic mass is 16.6. The van der Waals surface area contributed by atoms with Crippen molar-refractivity contribution in [2.75, 3.05) is 6.54 Å². The van der Waals surface area contributed by atoms with Crippen LogP contribution in [0.5, 0.6) is 5.75 Å². The van der Waals surface area contributed by atoms with Gasteiger partial charge < -0.3 is 25.6 Å². The van der Waals surface area contributed by atoms with Crippen LogP contribution in [0.2, 0.25) is 0 Å². The molecular weight excluding hydrogens is 324 g/mol. The van der Waals surface area contributed by atoms with Crippen molar-refractivity contribution in [3.05, 3.63) is 29.8 Å². The van der Waals surface area contributed by atoms with Gasteiger partial charge in [0.1, 0.15) is 17.4 Å². The Labute approximate surface area is 147 Å². The van der Waals surface area contributed by atoms with E-state index in [2.05, 4.69) is 10.6 Å². The summed E-state index contributed by atoms with van der Waals surface area (Å²) in [7, 11) is 0.